The zero-order valence-corrected chi connectivity index (χ0v) is 12.0. The third-order valence-electron chi connectivity index (χ3n) is 3.53. The Morgan fingerprint density at radius 3 is 2.74 bits per heavy atom. The van der Waals surface area contributed by atoms with E-state index in [0.29, 0.717) is 31.3 Å². The Morgan fingerprint density at radius 1 is 1.37 bits per heavy atom. The SMILES string of the molecule is CC(C)NCCC(=O)N1CCCC(CCC(=O)O)C1. The largest absolute Gasteiger partial charge is 0.481 e. The van der Waals surface area contributed by atoms with E-state index in [9.17, 15) is 9.59 Å². The lowest BCUT2D eigenvalue weighted by Gasteiger charge is -2.32. The predicted molar refractivity (Wildman–Crippen MR) is 73.9 cm³/mol. The van der Waals surface area contributed by atoms with Crippen molar-refractivity contribution >= 4 is 11.9 Å². The number of carboxylic acids is 1. The van der Waals surface area contributed by atoms with Crippen molar-refractivity contribution in [3.05, 3.63) is 0 Å². The van der Waals surface area contributed by atoms with Gasteiger partial charge in [-0.05, 0) is 25.2 Å². The van der Waals surface area contributed by atoms with Gasteiger partial charge in [0.05, 0.1) is 0 Å². The number of nitrogens with zero attached hydrogens (tertiary/aromatic N) is 1. The van der Waals surface area contributed by atoms with E-state index in [1.165, 1.54) is 0 Å². The van der Waals surface area contributed by atoms with Crippen molar-refractivity contribution < 1.29 is 14.7 Å². The number of likely N-dealkylation sites (tertiary alicyclic amines) is 1. The van der Waals surface area contributed by atoms with Crippen molar-refractivity contribution in [2.75, 3.05) is 19.6 Å². The van der Waals surface area contributed by atoms with Crippen molar-refractivity contribution in [2.24, 2.45) is 5.92 Å². The van der Waals surface area contributed by atoms with Crippen LogP contribution in [0.2, 0.25) is 0 Å². The summed E-state index contributed by atoms with van der Waals surface area (Å²) >= 11 is 0. The minimum Gasteiger partial charge on any atom is -0.481 e. The summed E-state index contributed by atoms with van der Waals surface area (Å²) in [7, 11) is 0. The molecule has 5 heteroatoms. The van der Waals surface area contributed by atoms with Crippen LogP contribution in [-0.2, 0) is 9.59 Å². The normalized spacial score (nSPS) is 19.7. The molecule has 0 aliphatic carbocycles. The minimum atomic E-state index is -0.746. The second-order valence-corrected chi connectivity index (χ2v) is 5.64. The van der Waals surface area contributed by atoms with E-state index in [1.807, 2.05) is 4.90 Å². The smallest absolute Gasteiger partial charge is 0.303 e. The molecule has 1 unspecified atom stereocenters. The molecule has 1 rings (SSSR count). The molecular formula is C14H26N2O3. The molecule has 2 N–H and O–H groups in total. The van der Waals surface area contributed by atoms with E-state index >= 15 is 0 Å². The lowest BCUT2D eigenvalue weighted by atomic mass is 9.93. The topological polar surface area (TPSA) is 69.6 Å². The molecule has 0 aromatic carbocycles. The van der Waals surface area contributed by atoms with Crippen molar-refractivity contribution in [1.29, 1.82) is 0 Å². The molecule has 110 valence electrons. The maximum atomic E-state index is 12.0. The number of carboxylic acid groups (broad SMARTS) is 1. The molecule has 1 aliphatic heterocycles. The summed E-state index contributed by atoms with van der Waals surface area (Å²) in [5.74, 6) is -0.204. The Morgan fingerprint density at radius 2 is 2.11 bits per heavy atom. The average molecular weight is 270 g/mol. The molecule has 1 amide bonds. The maximum absolute atomic E-state index is 12.0. The molecule has 0 aromatic heterocycles. The van der Waals surface area contributed by atoms with Gasteiger partial charge in [0.25, 0.3) is 0 Å². The molecule has 1 fully saturated rings. The number of aliphatic carboxylic acids is 1. The van der Waals surface area contributed by atoms with Gasteiger partial charge < -0.3 is 15.3 Å². The Labute approximate surface area is 115 Å². The molecule has 1 aliphatic rings. The molecule has 0 aromatic rings. The zero-order chi connectivity index (χ0) is 14.3. The Kier molecular flexibility index (Phi) is 6.84. The third-order valence-corrected chi connectivity index (χ3v) is 3.53. The van der Waals surface area contributed by atoms with Crippen molar-refractivity contribution in [2.45, 2.75) is 52.0 Å². The van der Waals surface area contributed by atoms with E-state index in [1.54, 1.807) is 0 Å². The van der Waals surface area contributed by atoms with Gasteiger partial charge in [0.1, 0.15) is 0 Å². The number of rotatable bonds is 7. The fraction of sp³-hybridized carbons (Fsp3) is 0.857. The van der Waals surface area contributed by atoms with Crippen molar-refractivity contribution in [3.8, 4) is 0 Å². The summed E-state index contributed by atoms with van der Waals surface area (Å²) in [6.07, 6.45) is 3.46. The van der Waals surface area contributed by atoms with Gasteiger partial charge in [0.15, 0.2) is 0 Å². The Hall–Kier alpha value is -1.10. The summed E-state index contributed by atoms with van der Waals surface area (Å²) in [6.45, 7) is 6.39. The van der Waals surface area contributed by atoms with E-state index < -0.39 is 5.97 Å². The molecule has 19 heavy (non-hydrogen) atoms. The van der Waals surface area contributed by atoms with Crippen LogP contribution in [0.15, 0.2) is 0 Å². The fourth-order valence-corrected chi connectivity index (χ4v) is 2.48. The first kappa shape index (κ1) is 16.0. The third kappa shape index (κ3) is 6.57. The van der Waals surface area contributed by atoms with Crippen molar-refractivity contribution in [1.82, 2.24) is 10.2 Å². The van der Waals surface area contributed by atoms with Crippen LogP contribution >= 0.6 is 0 Å². The van der Waals surface area contributed by atoms with Gasteiger partial charge in [0.2, 0.25) is 5.91 Å². The number of carbonyl (C=O) groups excluding carboxylic acids is 1. The summed E-state index contributed by atoms with van der Waals surface area (Å²) in [4.78, 5) is 24.5. The number of piperidine rings is 1. The number of amides is 1. The van der Waals surface area contributed by atoms with Crippen LogP contribution in [0.4, 0.5) is 0 Å². The van der Waals surface area contributed by atoms with Gasteiger partial charge in [-0.2, -0.15) is 0 Å². The quantitative estimate of drug-likeness (QED) is 0.735. The molecule has 0 radical (unpaired) electrons. The number of hydrogen-bond acceptors (Lipinski definition) is 3. The van der Waals surface area contributed by atoms with E-state index in [-0.39, 0.29) is 12.3 Å². The number of hydrogen-bond donors (Lipinski definition) is 2. The summed E-state index contributed by atoms with van der Waals surface area (Å²) in [5, 5.41) is 11.9. The highest BCUT2D eigenvalue weighted by Gasteiger charge is 2.23. The number of carbonyl (C=O) groups is 2. The average Bonchev–Trinajstić information content (AvgIpc) is 2.36. The first-order chi connectivity index (χ1) is 8.99. The molecule has 0 saturated carbocycles. The second-order valence-electron chi connectivity index (χ2n) is 5.64. The van der Waals surface area contributed by atoms with Crippen LogP contribution in [0.5, 0.6) is 0 Å². The van der Waals surface area contributed by atoms with Gasteiger partial charge in [-0.1, -0.05) is 13.8 Å². The molecule has 1 heterocycles. The van der Waals surface area contributed by atoms with Gasteiger partial charge in [-0.25, -0.2) is 0 Å². The van der Waals surface area contributed by atoms with Crippen LogP contribution in [0, 0.1) is 5.92 Å². The van der Waals surface area contributed by atoms with Crippen LogP contribution < -0.4 is 5.32 Å². The highest BCUT2D eigenvalue weighted by Crippen LogP contribution is 2.21. The molecule has 1 atom stereocenters. The summed E-state index contributed by atoms with van der Waals surface area (Å²) in [6, 6.07) is 0.400. The van der Waals surface area contributed by atoms with Crippen LogP contribution in [0.1, 0.15) is 46.0 Å². The predicted octanol–water partition coefficient (Wildman–Crippen LogP) is 1.48. The van der Waals surface area contributed by atoms with Crippen molar-refractivity contribution in [3.63, 3.8) is 0 Å². The Balaban J connectivity index is 2.28. The molecule has 5 nitrogen and oxygen atoms in total. The minimum absolute atomic E-state index is 0.188. The van der Waals surface area contributed by atoms with Crippen LogP contribution in [0.3, 0.4) is 0 Å². The van der Waals surface area contributed by atoms with Gasteiger partial charge in [0, 0.05) is 38.5 Å². The molecule has 0 spiro atoms. The maximum Gasteiger partial charge on any atom is 0.303 e. The fourth-order valence-electron chi connectivity index (χ4n) is 2.48. The second kappa shape index (κ2) is 8.15. The summed E-state index contributed by atoms with van der Waals surface area (Å²) < 4.78 is 0. The lowest BCUT2D eigenvalue weighted by Crippen LogP contribution is -2.41. The first-order valence-corrected chi connectivity index (χ1v) is 7.22. The standard InChI is InChI=1S/C14H26N2O3/c1-11(2)15-8-7-13(17)16-9-3-4-12(10-16)5-6-14(18)19/h11-12,15H,3-10H2,1-2H3,(H,18,19). The van der Waals surface area contributed by atoms with E-state index in [0.717, 1.165) is 25.9 Å². The van der Waals surface area contributed by atoms with Crippen LogP contribution in [0.25, 0.3) is 0 Å². The van der Waals surface area contributed by atoms with Crippen LogP contribution in [-0.4, -0.2) is 47.6 Å². The van der Waals surface area contributed by atoms with E-state index in [2.05, 4.69) is 19.2 Å². The molecule has 0 bridgehead atoms. The van der Waals surface area contributed by atoms with Gasteiger partial charge in [-0.3, -0.25) is 9.59 Å². The number of nitrogens with one attached hydrogen (secondary N) is 1. The highest BCUT2D eigenvalue weighted by molar-refractivity contribution is 5.76. The van der Waals surface area contributed by atoms with Gasteiger partial charge >= 0.3 is 5.97 Å². The Bertz CT molecular complexity index is 305. The first-order valence-electron chi connectivity index (χ1n) is 7.22. The van der Waals surface area contributed by atoms with Gasteiger partial charge in [-0.15, -0.1) is 0 Å². The zero-order valence-electron chi connectivity index (χ0n) is 12.0. The molecule has 1 saturated heterocycles. The lowest BCUT2D eigenvalue weighted by molar-refractivity contribution is -0.137. The summed E-state index contributed by atoms with van der Waals surface area (Å²) in [5.41, 5.74) is 0. The monoisotopic (exact) mass is 270 g/mol. The van der Waals surface area contributed by atoms with E-state index in [4.69, 9.17) is 5.11 Å². The molecular weight excluding hydrogens is 244 g/mol. The highest BCUT2D eigenvalue weighted by atomic mass is 16.4.